The van der Waals surface area contributed by atoms with Gasteiger partial charge in [-0.15, -0.1) is 0 Å². The Kier molecular flexibility index (Phi) is 5.08. The summed E-state index contributed by atoms with van der Waals surface area (Å²) < 4.78 is 0. The van der Waals surface area contributed by atoms with Crippen molar-refractivity contribution in [1.82, 2.24) is 14.7 Å². The second-order valence-corrected chi connectivity index (χ2v) is 8.31. The van der Waals surface area contributed by atoms with Crippen LogP contribution in [0.5, 0.6) is 0 Å². The molecule has 22 heavy (non-hydrogen) atoms. The van der Waals surface area contributed by atoms with Crippen molar-refractivity contribution >= 4 is 5.91 Å². The quantitative estimate of drug-likeness (QED) is 0.800. The first kappa shape index (κ1) is 16.3. The van der Waals surface area contributed by atoms with Crippen LogP contribution >= 0.6 is 0 Å². The maximum Gasteiger partial charge on any atom is 0.236 e. The summed E-state index contributed by atoms with van der Waals surface area (Å²) in [6, 6.07) is 0.782. The number of carbonyl (C=O) groups is 1. The summed E-state index contributed by atoms with van der Waals surface area (Å²) in [4.78, 5) is 19.5. The van der Waals surface area contributed by atoms with Crippen molar-refractivity contribution in [1.29, 1.82) is 0 Å². The lowest BCUT2D eigenvalue weighted by atomic mass is 9.91. The van der Waals surface area contributed by atoms with Gasteiger partial charge in [0.1, 0.15) is 0 Å². The zero-order valence-electron chi connectivity index (χ0n) is 14.5. The zero-order valence-corrected chi connectivity index (χ0v) is 14.5. The Balaban J connectivity index is 1.46. The van der Waals surface area contributed by atoms with E-state index in [-0.39, 0.29) is 0 Å². The van der Waals surface area contributed by atoms with Crippen LogP contribution in [-0.2, 0) is 4.79 Å². The van der Waals surface area contributed by atoms with Crippen molar-refractivity contribution in [2.24, 2.45) is 5.41 Å². The van der Waals surface area contributed by atoms with Crippen molar-refractivity contribution in [3.05, 3.63) is 0 Å². The Hall–Kier alpha value is -0.610. The zero-order chi connectivity index (χ0) is 15.6. The van der Waals surface area contributed by atoms with Crippen LogP contribution < -0.4 is 0 Å². The lowest BCUT2D eigenvalue weighted by Gasteiger charge is -2.29. The van der Waals surface area contributed by atoms with Crippen molar-refractivity contribution in [3.8, 4) is 0 Å². The molecule has 0 aromatic heterocycles. The number of hydrogen-bond donors (Lipinski definition) is 0. The van der Waals surface area contributed by atoms with E-state index in [0.717, 1.165) is 38.8 Å². The minimum Gasteiger partial charge on any atom is -0.342 e. The van der Waals surface area contributed by atoms with Crippen LogP contribution in [0, 0.1) is 5.41 Å². The SMILES string of the molecule is CC1(C)CC[C@H](N2CCCN(CC(=O)N3CCCC3)CC2)C1. The first-order valence-corrected chi connectivity index (χ1v) is 9.28. The highest BCUT2D eigenvalue weighted by molar-refractivity contribution is 5.78. The fourth-order valence-electron chi connectivity index (χ4n) is 4.48. The van der Waals surface area contributed by atoms with E-state index >= 15 is 0 Å². The molecule has 126 valence electrons. The van der Waals surface area contributed by atoms with E-state index in [0.29, 0.717) is 17.9 Å². The Morgan fingerprint density at radius 2 is 1.77 bits per heavy atom. The summed E-state index contributed by atoms with van der Waals surface area (Å²) >= 11 is 0. The summed E-state index contributed by atoms with van der Waals surface area (Å²) in [7, 11) is 0. The van der Waals surface area contributed by atoms with Crippen molar-refractivity contribution in [2.45, 2.75) is 58.4 Å². The standard InChI is InChI=1S/C18H33N3O/c1-18(2)7-6-16(14-18)20-11-5-8-19(12-13-20)15-17(22)21-9-3-4-10-21/h16H,3-15H2,1-2H3/t16-/m0/s1. The molecule has 0 N–H and O–H groups in total. The average Bonchev–Trinajstić information content (AvgIpc) is 3.06. The smallest absolute Gasteiger partial charge is 0.236 e. The molecule has 3 rings (SSSR count). The Bertz CT molecular complexity index is 390. The van der Waals surface area contributed by atoms with Gasteiger partial charge in [-0.1, -0.05) is 13.8 Å². The number of amides is 1. The summed E-state index contributed by atoms with van der Waals surface area (Å²) in [5.41, 5.74) is 0.530. The highest BCUT2D eigenvalue weighted by atomic mass is 16.2. The summed E-state index contributed by atoms with van der Waals surface area (Å²) in [6.45, 7) is 11.9. The molecule has 4 nitrogen and oxygen atoms in total. The molecule has 1 amide bonds. The monoisotopic (exact) mass is 307 g/mol. The Morgan fingerprint density at radius 3 is 2.45 bits per heavy atom. The van der Waals surface area contributed by atoms with Crippen molar-refractivity contribution in [2.75, 3.05) is 45.8 Å². The second-order valence-electron chi connectivity index (χ2n) is 8.31. The molecule has 0 radical (unpaired) electrons. The van der Waals surface area contributed by atoms with Gasteiger partial charge in [0.2, 0.25) is 5.91 Å². The molecule has 1 aliphatic carbocycles. The van der Waals surface area contributed by atoms with Crippen LogP contribution in [0.2, 0.25) is 0 Å². The molecule has 1 saturated carbocycles. The van der Waals surface area contributed by atoms with Crippen LogP contribution in [0.15, 0.2) is 0 Å². The number of likely N-dealkylation sites (tertiary alicyclic amines) is 1. The van der Waals surface area contributed by atoms with Gasteiger partial charge in [0.05, 0.1) is 6.54 Å². The first-order chi connectivity index (χ1) is 10.5. The van der Waals surface area contributed by atoms with Crippen LogP contribution in [-0.4, -0.2) is 72.5 Å². The van der Waals surface area contributed by atoms with Crippen LogP contribution in [0.1, 0.15) is 52.4 Å². The third-order valence-corrected chi connectivity index (χ3v) is 5.90. The Labute approximate surface area is 135 Å². The van der Waals surface area contributed by atoms with Gasteiger partial charge in [-0.05, 0) is 57.0 Å². The normalized spacial score (nSPS) is 30.6. The van der Waals surface area contributed by atoms with Crippen LogP contribution in [0.3, 0.4) is 0 Å². The van der Waals surface area contributed by atoms with Gasteiger partial charge in [-0.3, -0.25) is 14.6 Å². The molecule has 2 saturated heterocycles. The average molecular weight is 307 g/mol. The maximum absolute atomic E-state index is 12.3. The molecular weight excluding hydrogens is 274 g/mol. The molecule has 0 aromatic carbocycles. The molecular formula is C18H33N3O. The third-order valence-electron chi connectivity index (χ3n) is 5.90. The summed E-state index contributed by atoms with van der Waals surface area (Å²) in [6.07, 6.45) is 7.67. The van der Waals surface area contributed by atoms with Gasteiger partial charge in [0.15, 0.2) is 0 Å². The van der Waals surface area contributed by atoms with Crippen molar-refractivity contribution < 1.29 is 4.79 Å². The van der Waals surface area contributed by atoms with E-state index in [1.54, 1.807) is 0 Å². The van der Waals surface area contributed by atoms with E-state index in [1.165, 1.54) is 45.1 Å². The molecule has 2 aliphatic heterocycles. The van der Waals surface area contributed by atoms with E-state index in [9.17, 15) is 4.79 Å². The predicted octanol–water partition coefficient (Wildman–Crippen LogP) is 2.20. The lowest BCUT2D eigenvalue weighted by molar-refractivity contribution is -0.131. The first-order valence-electron chi connectivity index (χ1n) is 9.28. The van der Waals surface area contributed by atoms with Gasteiger partial charge in [-0.25, -0.2) is 0 Å². The Morgan fingerprint density at radius 1 is 1.00 bits per heavy atom. The largest absolute Gasteiger partial charge is 0.342 e. The van der Waals surface area contributed by atoms with Gasteiger partial charge < -0.3 is 4.90 Å². The minimum atomic E-state index is 0.355. The van der Waals surface area contributed by atoms with Gasteiger partial charge >= 0.3 is 0 Å². The van der Waals surface area contributed by atoms with Gasteiger partial charge in [0, 0.05) is 32.2 Å². The fraction of sp³-hybridized carbons (Fsp3) is 0.944. The minimum absolute atomic E-state index is 0.355. The van der Waals surface area contributed by atoms with Crippen molar-refractivity contribution in [3.63, 3.8) is 0 Å². The summed E-state index contributed by atoms with van der Waals surface area (Å²) in [5, 5.41) is 0. The number of hydrogen-bond acceptors (Lipinski definition) is 3. The summed E-state index contributed by atoms with van der Waals surface area (Å²) in [5.74, 6) is 0.355. The maximum atomic E-state index is 12.3. The van der Waals surface area contributed by atoms with E-state index in [1.807, 2.05) is 0 Å². The van der Waals surface area contributed by atoms with Crippen LogP contribution in [0.4, 0.5) is 0 Å². The molecule has 0 unspecified atom stereocenters. The number of carbonyl (C=O) groups excluding carboxylic acids is 1. The molecule has 0 spiro atoms. The predicted molar refractivity (Wildman–Crippen MR) is 89.9 cm³/mol. The highest BCUT2D eigenvalue weighted by Crippen LogP contribution is 2.39. The molecule has 4 heteroatoms. The van der Waals surface area contributed by atoms with Crippen LogP contribution in [0.25, 0.3) is 0 Å². The lowest BCUT2D eigenvalue weighted by Crippen LogP contribution is -2.41. The molecule has 0 aromatic rings. The van der Waals surface area contributed by atoms with E-state index in [2.05, 4.69) is 28.5 Å². The van der Waals surface area contributed by atoms with Gasteiger partial charge in [-0.2, -0.15) is 0 Å². The molecule has 2 heterocycles. The molecule has 1 atom stereocenters. The topological polar surface area (TPSA) is 26.8 Å². The molecule has 0 bridgehead atoms. The van der Waals surface area contributed by atoms with Gasteiger partial charge in [0.25, 0.3) is 0 Å². The number of nitrogens with zero attached hydrogens (tertiary/aromatic N) is 3. The van der Waals surface area contributed by atoms with E-state index < -0.39 is 0 Å². The molecule has 3 aliphatic rings. The van der Waals surface area contributed by atoms with E-state index in [4.69, 9.17) is 0 Å². The highest BCUT2D eigenvalue weighted by Gasteiger charge is 2.34. The third kappa shape index (κ3) is 4.02. The fourth-order valence-corrected chi connectivity index (χ4v) is 4.48. The second kappa shape index (κ2) is 6.88. The number of rotatable bonds is 3. The molecule has 3 fully saturated rings.